The summed E-state index contributed by atoms with van der Waals surface area (Å²) in [7, 11) is 9.06. The summed E-state index contributed by atoms with van der Waals surface area (Å²) in [4.78, 5) is 16.8. The van der Waals surface area contributed by atoms with Crippen molar-refractivity contribution in [2.24, 2.45) is 4.99 Å². The van der Waals surface area contributed by atoms with E-state index < -0.39 is 5.97 Å². The van der Waals surface area contributed by atoms with Gasteiger partial charge in [-0.15, -0.1) is 0 Å². The van der Waals surface area contributed by atoms with Crippen LogP contribution in [-0.2, 0) is 9.53 Å². The molecule has 0 bridgehead atoms. The first kappa shape index (κ1) is 21.8. The summed E-state index contributed by atoms with van der Waals surface area (Å²) in [5, 5.41) is 0. The summed E-state index contributed by atoms with van der Waals surface area (Å²) in [6.45, 7) is 0. The molecule has 0 saturated carbocycles. The van der Waals surface area contributed by atoms with Crippen molar-refractivity contribution in [2.75, 3.05) is 42.7 Å². The molecule has 9 nitrogen and oxygen atoms in total. The summed E-state index contributed by atoms with van der Waals surface area (Å²) < 4.78 is 37.4. The number of hydrogen-bond donors (Lipinski definition) is 0. The minimum Gasteiger partial charge on any atom is -0.496 e. The van der Waals surface area contributed by atoms with E-state index in [0.717, 1.165) is 0 Å². The zero-order valence-electron chi connectivity index (χ0n) is 18.1. The van der Waals surface area contributed by atoms with Crippen LogP contribution in [0, 0.1) is 0 Å². The van der Waals surface area contributed by atoms with Crippen molar-refractivity contribution in [1.82, 2.24) is 0 Å². The molecule has 164 valence electrons. The third-order valence-electron chi connectivity index (χ3n) is 4.56. The highest BCUT2D eigenvalue weighted by atomic mass is 16.6. The topological polar surface area (TPSA) is 94.0 Å². The third kappa shape index (κ3) is 4.20. The van der Waals surface area contributed by atoms with Gasteiger partial charge in [0.15, 0.2) is 28.7 Å². The van der Waals surface area contributed by atoms with Crippen molar-refractivity contribution in [3.8, 4) is 34.5 Å². The lowest BCUT2D eigenvalue weighted by molar-refractivity contribution is -0.129. The van der Waals surface area contributed by atoms with E-state index in [4.69, 9.17) is 33.2 Å². The van der Waals surface area contributed by atoms with Gasteiger partial charge in [0.1, 0.15) is 5.75 Å². The van der Waals surface area contributed by atoms with E-state index in [1.54, 1.807) is 30.3 Å². The lowest BCUT2D eigenvalue weighted by Crippen LogP contribution is -2.07. The third-order valence-corrected chi connectivity index (χ3v) is 4.56. The van der Waals surface area contributed by atoms with Crippen LogP contribution in [0.1, 0.15) is 11.1 Å². The van der Waals surface area contributed by atoms with Crippen LogP contribution >= 0.6 is 0 Å². The molecule has 2 aromatic carbocycles. The molecule has 0 N–H and O–H groups in total. The highest BCUT2D eigenvalue weighted by Gasteiger charge is 2.27. The fraction of sp³-hybridized carbons (Fsp3) is 0.273. The van der Waals surface area contributed by atoms with Crippen molar-refractivity contribution in [2.45, 2.75) is 0 Å². The lowest BCUT2D eigenvalue weighted by atomic mass is 10.1. The second-order valence-corrected chi connectivity index (χ2v) is 6.20. The minimum atomic E-state index is -0.611. The van der Waals surface area contributed by atoms with Gasteiger partial charge >= 0.3 is 5.97 Å². The molecule has 0 unspecified atom stereocenters. The zero-order valence-corrected chi connectivity index (χ0v) is 18.1. The van der Waals surface area contributed by atoms with Crippen LogP contribution in [-0.4, -0.2) is 54.5 Å². The SMILES string of the molecule is COc1cc(OC)c(OC)cc1/C=C1/N=C(c2cc(OC)c(OC)c(OC)c2)OC1=O. The summed E-state index contributed by atoms with van der Waals surface area (Å²) in [6, 6.07) is 6.64. The Bertz CT molecular complexity index is 1030. The van der Waals surface area contributed by atoms with E-state index in [-0.39, 0.29) is 11.6 Å². The van der Waals surface area contributed by atoms with Gasteiger partial charge in [0.2, 0.25) is 11.6 Å². The van der Waals surface area contributed by atoms with Gasteiger partial charge in [0.25, 0.3) is 0 Å². The molecule has 0 spiro atoms. The van der Waals surface area contributed by atoms with Gasteiger partial charge in [0, 0.05) is 17.2 Å². The Hall–Kier alpha value is -3.88. The van der Waals surface area contributed by atoms with Gasteiger partial charge in [-0.05, 0) is 24.3 Å². The molecule has 31 heavy (non-hydrogen) atoms. The molecule has 3 rings (SSSR count). The highest BCUT2D eigenvalue weighted by molar-refractivity contribution is 6.13. The summed E-state index contributed by atoms with van der Waals surface area (Å²) in [5.41, 5.74) is 1.15. The van der Waals surface area contributed by atoms with E-state index in [1.807, 2.05) is 0 Å². The molecular weight excluding hydrogens is 406 g/mol. The average molecular weight is 429 g/mol. The number of esters is 1. The lowest BCUT2D eigenvalue weighted by Gasteiger charge is -2.13. The van der Waals surface area contributed by atoms with Crippen LogP contribution in [0.25, 0.3) is 6.08 Å². The minimum absolute atomic E-state index is 0.0919. The van der Waals surface area contributed by atoms with E-state index in [2.05, 4.69) is 4.99 Å². The molecule has 9 heteroatoms. The van der Waals surface area contributed by atoms with Crippen LogP contribution in [0.5, 0.6) is 34.5 Å². The molecule has 1 heterocycles. The fourth-order valence-corrected chi connectivity index (χ4v) is 3.05. The number of nitrogens with zero attached hydrogens (tertiary/aromatic N) is 1. The average Bonchev–Trinajstić information content (AvgIpc) is 3.17. The molecule has 1 aliphatic heterocycles. The summed E-state index contributed by atoms with van der Waals surface area (Å²) in [6.07, 6.45) is 1.55. The second-order valence-electron chi connectivity index (χ2n) is 6.20. The van der Waals surface area contributed by atoms with Gasteiger partial charge < -0.3 is 33.2 Å². The molecule has 0 fully saturated rings. The Morgan fingerprint density at radius 2 is 1.26 bits per heavy atom. The fourth-order valence-electron chi connectivity index (χ4n) is 3.05. The highest BCUT2D eigenvalue weighted by Crippen LogP contribution is 2.39. The Labute approximate surface area is 179 Å². The Kier molecular flexibility index (Phi) is 6.54. The van der Waals surface area contributed by atoms with Crippen molar-refractivity contribution in [3.05, 3.63) is 41.1 Å². The van der Waals surface area contributed by atoms with Gasteiger partial charge in [0.05, 0.1) is 42.7 Å². The summed E-state index contributed by atoms with van der Waals surface area (Å²) in [5.74, 6) is 2.20. The maximum atomic E-state index is 12.5. The van der Waals surface area contributed by atoms with E-state index in [0.29, 0.717) is 45.6 Å². The molecule has 2 aromatic rings. The Balaban J connectivity index is 2.06. The number of cyclic esters (lactones) is 1. The molecule has 0 saturated heterocycles. The second kappa shape index (κ2) is 9.29. The van der Waals surface area contributed by atoms with Crippen molar-refractivity contribution < 1.29 is 38.0 Å². The molecular formula is C22H23NO8. The van der Waals surface area contributed by atoms with Gasteiger partial charge in [-0.1, -0.05) is 0 Å². The zero-order chi connectivity index (χ0) is 22.5. The van der Waals surface area contributed by atoms with Crippen LogP contribution in [0.15, 0.2) is 35.0 Å². The number of carbonyl (C=O) groups excluding carboxylic acids is 1. The van der Waals surface area contributed by atoms with Crippen LogP contribution in [0.4, 0.5) is 0 Å². The number of rotatable bonds is 8. The van der Waals surface area contributed by atoms with Crippen molar-refractivity contribution >= 4 is 17.9 Å². The molecule has 0 radical (unpaired) electrons. The number of methoxy groups -OCH3 is 6. The Morgan fingerprint density at radius 3 is 1.77 bits per heavy atom. The van der Waals surface area contributed by atoms with Crippen molar-refractivity contribution in [3.63, 3.8) is 0 Å². The quantitative estimate of drug-likeness (QED) is 0.467. The predicted octanol–water partition coefficient (Wildman–Crippen LogP) is 3.08. The number of hydrogen-bond acceptors (Lipinski definition) is 9. The standard InChI is InChI=1S/C22H23NO8/c1-25-15-11-17(27-3)16(26-2)8-12(15)7-14-22(24)31-21(23-14)13-9-18(28-4)20(30-6)19(10-13)29-5/h7-11H,1-6H3/b14-7+. The van der Waals surface area contributed by atoms with E-state index in [9.17, 15) is 4.79 Å². The van der Waals surface area contributed by atoms with Crippen LogP contribution < -0.4 is 28.4 Å². The number of benzene rings is 2. The van der Waals surface area contributed by atoms with Crippen LogP contribution in [0.3, 0.4) is 0 Å². The molecule has 0 aliphatic carbocycles. The molecule has 0 amide bonds. The smallest absolute Gasteiger partial charge is 0.363 e. The normalized spacial score (nSPS) is 14.1. The van der Waals surface area contributed by atoms with E-state index >= 15 is 0 Å². The Morgan fingerprint density at radius 1 is 0.710 bits per heavy atom. The molecule has 0 aromatic heterocycles. The predicted molar refractivity (Wildman–Crippen MR) is 113 cm³/mol. The largest absolute Gasteiger partial charge is 0.496 e. The van der Waals surface area contributed by atoms with E-state index in [1.165, 1.54) is 42.7 Å². The number of ether oxygens (including phenoxy) is 7. The maximum Gasteiger partial charge on any atom is 0.363 e. The molecule has 0 atom stereocenters. The van der Waals surface area contributed by atoms with Crippen molar-refractivity contribution in [1.29, 1.82) is 0 Å². The first-order chi connectivity index (χ1) is 15.0. The van der Waals surface area contributed by atoms with Gasteiger partial charge in [-0.3, -0.25) is 0 Å². The van der Waals surface area contributed by atoms with Gasteiger partial charge in [-0.25, -0.2) is 9.79 Å². The van der Waals surface area contributed by atoms with Gasteiger partial charge in [-0.2, -0.15) is 0 Å². The first-order valence-corrected chi connectivity index (χ1v) is 9.12. The maximum absolute atomic E-state index is 12.5. The number of carbonyl (C=O) groups is 1. The molecule has 1 aliphatic rings. The number of aliphatic imine (C=N–C) groups is 1. The van der Waals surface area contributed by atoms with Crippen LogP contribution in [0.2, 0.25) is 0 Å². The summed E-state index contributed by atoms with van der Waals surface area (Å²) >= 11 is 0. The first-order valence-electron chi connectivity index (χ1n) is 9.12. The monoisotopic (exact) mass is 429 g/mol.